The summed E-state index contributed by atoms with van der Waals surface area (Å²) >= 11 is 0. The number of nitrogens with zero attached hydrogens (tertiary/aromatic N) is 2. The van der Waals surface area contributed by atoms with E-state index in [2.05, 4.69) is 15.5 Å². The lowest BCUT2D eigenvalue weighted by molar-refractivity contribution is 0.0690. The van der Waals surface area contributed by atoms with Gasteiger partial charge in [0.1, 0.15) is 0 Å². The number of carbonyl (C=O) groups is 1. The summed E-state index contributed by atoms with van der Waals surface area (Å²) < 4.78 is 0. The number of rotatable bonds is 3. The number of hydrogen-bond acceptors (Lipinski definition) is 4. The van der Waals surface area contributed by atoms with Gasteiger partial charge in [0.05, 0.1) is 11.2 Å². The number of benzene rings is 2. The van der Waals surface area contributed by atoms with Gasteiger partial charge in [-0.2, -0.15) is 0 Å². The molecule has 0 spiro atoms. The highest BCUT2D eigenvalue weighted by Gasteiger charge is 2.16. The van der Waals surface area contributed by atoms with Gasteiger partial charge in [0, 0.05) is 11.1 Å². The summed E-state index contributed by atoms with van der Waals surface area (Å²) in [5.41, 5.74) is 2.92. The fourth-order valence-corrected chi connectivity index (χ4v) is 2.20. The Morgan fingerprint density at radius 2 is 1.90 bits per heavy atom. The van der Waals surface area contributed by atoms with Gasteiger partial charge in [-0.3, -0.25) is 0 Å². The molecule has 104 valence electrons. The molecule has 2 aromatic carbocycles. The van der Waals surface area contributed by atoms with E-state index in [9.17, 15) is 9.90 Å². The maximum absolute atomic E-state index is 11.4. The quantitative estimate of drug-likeness (QED) is 0.768. The molecular weight excluding hydrogens is 266 g/mol. The number of aromatic carboxylic acids is 1. The number of anilines is 2. The average molecular weight is 279 g/mol. The van der Waals surface area contributed by atoms with E-state index >= 15 is 0 Å². The number of carboxylic acids is 1. The summed E-state index contributed by atoms with van der Waals surface area (Å²) in [6.07, 6.45) is 0. The van der Waals surface area contributed by atoms with Crippen LogP contribution in [0.4, 0.5) is 11.4 Å². The number of aromatic nitrogens is 2. The van der Waals surface area contributed by atoms with E-state index in [4.69, 9.17) is 0 Å². The lowest BCUT2D eigenvalue weighted by atomic mass is 10.1. The molecular formula is C16H13N3O2. The Hall–Kier alpha value is -2.95. The number of nitrogens with one attached hydrogen (secondary N) is 1. The Balaban J connectivity index is 2.18. The van der Waals surface area contributed by atoms with Crippen LogP contribution in [0.5, 0.6) is 0 Å². The van der Waals surface area contributed by atoms with Gasteiger partial charge < -0.3 is 10.4 Å². The molecule has 0 fully saturated rings. The van der Waals surface area contributed by atoms with E-state index in [-0.39, 0.29) is 5.69 Å². The molecule has 0 aliphatic heterocycles. The first kappa shape index (κ1) is 13.1. The monoisotopic (exact) mass is 279 g/mol. The van der Waals surface area contributed by atoms with E-state index in [1.54, 1.807) is 6.07 Å². The third kappa shape index (κ3) is 2.53. The molecule has 0 radical (unpaired) electrons. The highest BCUT2D eigenvalue weighted by atomic mass is 16.4. The molecule has 1 heterocycles. The fraction of sp³-hybridized carbons (Fsp3) is 0.0625. The Kier molecular flexibility index (Phi) is 3.23. The molecule has 1 aromatic heterocycles. The zero-order chi connectivity index (χ0) is 14.8. The minimum Gasteiger partial charge on any atom is -0.476 e. The van der Waals surface area contributed by atoms with E-state index in [1.165, 1.54) is 0 Å². The summed E-state index contributed by atoms with van der Waals surface area (Å²) in [5.74, 6) is -1.11. The minimum atomic E-state index is -1.11. The van der Waals surface area contributed by atoms with Crippen molar-refractivity contribution in [3.05, 3.63) is 59.8 Å². The Labute approximate surface area is 121 Å². The molecule has 0 amide bonds. The smallest absolute Gasteiger partial charge is 0.358 e. The normalized spacial score (nSPS) is 10.5. The molecule has 0 aliphatic carbocycles. The van der Waals surface area contributed by atoms with Crippen LogP contribution in [0.15, 0.2) is 48.5 Å². The van der Waals surface area contributed by atoms with Crippen LogP contribution >= 0.6 is 0 Å². The van der Waals surface area contributed by atoms with Crippen molar-refractivity contribution in [2.24, 2.45) is 0 Å². The van der Waals surface area contributed by atoms with E-state index < -0.39 is 5.97 Å². The SMILES string of the molecule is Cc1cccc(Nc2c(C(=O)O)nnc3ccccc23)c1. The number of aryl methyl sites for hydroxylation is 1. The van der Waals surface area contributed by atoms with Crippen LogP contribution in [-0.2, 0) is 0 Å². The second-order valence-corrected chi connectivity index (χ2v) is 4.74. The van der Waals surface area contributed by atoms with E-state index in [1.807, 2.05) is 49.4 Å². The first-order valence-electron chi connectivity index (χ1n) is 6.47. The Morgan fingerprint density at radius 1 is 1.10 bits per heavy atom. The number of carboxylic acid groups (broad SMARTS) is 1. The molecule has 0 atom stereocenters. The summed E-state index contributed by atoms with van der Waals surface area (Å²) in [7, 11) is 0. The van der Waals surface area contributed by atoms with Crippen LogP contribution in [0.25, 0.3) is 10.9 Å². The van der Waals surface area contributed by atoms with Crippen LogP contribution in [0.3, 0.4) is 0 Å². The standard InChI is InChI=1S/C16H13N3O2/c1-10-5-4-6-11(9-10)17-14-12-7-2-3-8-13(12)18-19-15(14)16(20)21/h2-9H,1H3,(H,17,18)(H,20,21). The van der Waals surface area contributed by atoms with Gasteiger partial charge in [-0.25, -0.2) is 4.79 Å². The van der Waals surface area contributed by atoms with Crippen LogP contribution < -0.4 is 5.32 Å². The van der Waals surface area contributed by atoms with Crippen molar-refractivity contribution in [2.45, 2.75) is 6.92 Å². The van der Waals surface area contributed by atoms with Gasteiger partial charge in [0.15, 0.2) is 5.69 Å². The first-order chi connectivity index (χ1) is 10.1. The topological polar surface area (TPSA) is 75.1 Å². The molecule has 0 unspecified atom stereocenters. The van der Waals surface area contributed by atoms with E-state index in [0.29, 0.717) is 11.2 Å². The van der Waals surface area contributed by atoms with Gasteiger partial charge in [0.2, 0.25) is 0 Å². The molecule has 3 aromatic rings. The first-order valence-corrected chi connectivity index (χ1v) is 6.47. The lowest BCUT2D eigenvalue weighted by Gasteiger charge is -2.11. The van der Waals surface area contributed by atoms with Gasteiger partial charge in [-0.1, -0.05) is 30.3 Å². The van der Waals surface area contributed by atoms with Gasteiger partial charge in [-0.05, 0) is 30.7 Å². The van der Waals surface area contributed by atoms with Crippen molar-refractivity contribution in [2.75, 3.05) is 5.32 Å². The van der Waals surface area contributed by atoms with Gasteiger partial charge >= 0.3 is 5.97 Å². The zero-order valence-electron chi connectivity index (χ0n) is 11.4. The largest absolute Gasteiger partial charge is 0.476 e. The molecule has 2 N–H and O–H groups in total. The average Bonchev–Trinajstić information content (AvgIpc) is 2.47. The van der Waals surface area contributed by atoms with Gasteiger partial charge in [-0.15, -0.1) is 10.2 Å². The Bertz CT molecular complexity index is 831. The summed E-state index contributed by atoms with van der Waals surface area (Å²) in [5, 5.41) is 21.0. The summed E-state index contributed by atoms with van der Waals surface area (Å²) in [6, 6.07) is 15.0. The molecule has 21 heavy (non-hydrogen) atoms. The van der Waals surface area contributed by atoms with Crippen LogP contribution in [0.2, 0.25) is 0 Å². The predicted molar refractivity (Wildman–Crippen MR) is 81.0 cm³/mol. The van der Waals surface area contributed by atoms with Crippen molar-refractivity contribution in [1.82, 2.24) is 10.2 Å². The molecule has 0 saturated heterocycles. The highest BCUT2D eigenvalue weighted by Crippen LogP contribution is 2.27. The second kappa shape index (κ2) is 5.20. The van der Waals surface area contributed by atoms with Crippen molar-refractivity contribution in [1.29, 1.82) is 0 Å². The van der Waals surface area contributed by atoms with Crippen molar-refractivity contribution in [3.63, 3.8) is 0 Å². The third-order valence-corrected chi connectivity index (χ3v) is 3.16. The number of hydrogen-bond donors (Lipinski definition) is 2. The summed E-state index contributed by atoms with van der Waals surface area (Å²) in [4.78, 5) is 11.4. The molecule has 0 bridgehead atoms. The minimum absolute atomic E-state index is 0.0878. The van der Waals surface area contributed by atoms with E-state index in [0.717, 1.165) is 16.6 Å². The zero-order valence-corrected chi connectivity index (χ0v) is 11.4. The predicted octanol–water partition coefficient (Wildman–Crippen LogP) is 3.38. The maximum Gasteiger partial charge on any atom is 0.358 e. The lowest BCUT2D eigenvalue weighted by Crippen LogP contribution is -2.08. The van der Waals surface area contributed by atoms with Crippen LogP contribution in [0.1, 0.15) is 16.1 Å². The Morgan fingerprint density at radius 3 is 2.67 bits per heavy atom. The second-order valence-electron chi connectivity index (χ2n) is 4.74. The fourth-order valence-electron chi connectivity index (χ4n) is 2.20. The van der Waals surface area contributed by atoms with Crippen LogP contribution in [-0.4, -0.2) is 21.3 Å². The molecule has 5 heteroatoms. The van der Waals surface area contributed by atoms with Crippen molar-refractivity contribution < 1.29 is 9.90 Å². The highest BCUT2D eigenvalue weighted by molar-refractivity contribution is 6.03. The van der Waals surface area contributed by atoms with Crippen LogP contribution in [0, 0.1) is 6.92 Å². The molecule has 3 rings (SSSR count). The molecule has 0 aliphatic rings. The van der Waals surface area contributed by atoms with Gasteiger partial charge in [0.25, 0.3) is 0 Å². The van der Waals surface area contributed by atoms with Crippen molar-refractivity contribution >= 4 is 28.2 Å². The molecule has 0 saturated carbocycles. The molecule has 5 nitrogen and oxygen atoms in total. The summed E-state index contributed by atoms with van der Waals surface area (Å²) in [6.45, 7) is 1.98. The van der Waals surface area contributed by atoms with Crippen molar-refractivity contribution in [3.8, 4) is 0 Å². The number of fused-ring (bicyclic) bond motifs is 1. The maximum atomic E-state index is 11.4. The third-order valence-electron chi connectivity index (χ3n) is 3.16.